The number of carbonyl (C=O) groups excluding carboxylic acids is 1. The highest BCUT2D eigenvalue weighted by Gasteiger charge is 2.42. The number of rotatable bonds is 5. The van der Waals surface area contributed by atoms with Gasteiger partial charge < -0.3 is 18.8 Å². The summed E-state index contributed by atoms with van der Waals surface area (Å²) in [5.41, 5.74) is 0.786. The lowest BCUT2D eigenvalue weighted by molar-refractivity contribution is 0.0314. The van der Waals surface area contributed by atoms with Gasteiger partial charge in [0.15, 0.2) is 5.43 Å². The number of morpholine rings is 1. The van der Waals surface area contributed by atoms with Gasteiger partial charge in [-0.3, -0.25) is 14.5 Å². The number of ether oxygens (including phenoxy) is 2. The van der Waals surface area contributed by atoms with Crippen LogP contribution in [-0.2, 0) is 4.74 Å². The number of nitrogens with zero attached hydrogens (tertiary/aromatic N) is 2. The van der Waals surface area contributed by atoms with Crippen LogP contribution in [0.25, 0.3) is 11.0 Å². The largest absolute Gasteiger partial charge is 0.497 e. The van der Waals surface area contributed by atoms with Gasteiger partial charge in [0.25, 0.3) is 5.91 Å². The van der Waals surface area contributed by atoms with Crippen LogP contribution in [-0.4, -0.2) is 62.2 Å². The van der Waals surface area contributed by atoms with Gasteiger partial charge in [0.05, 0.1) is 37.3 Å². The molecule has 5 rings (SSSR count). The number of amides is 1. The SMILES string of the molecule is COc1ccc2c(=O)c3c(oc2c1)C(=O)N(CCN1CCOCC1)[C@H]3c1cccc(F)c1. The summed E-state index contributed by atoms with van der Waals surface area (Å²) in [6.45, 7) is 3.85. The summed E-state index contributed by atoms with van der Waals surface area (Å²) < 4.78 is 30.7. The van der Waals surface area contributed by atoms with Crippen LogP contribution in [0.4, 0.5) is 4.39 Å². The second-order valence-corrected chi connectivity index (χ2v) is 7.95. The fourth-order valence-corrected chi connectivity index (χ4v) is 4.45. The van der Waals surface area contributed by atoms with Gasteiger partial charge in [0.2, 0.25) is 5.76 Å². The highest BCUT2D eigenvalue weighted by molar-refractivity contribution is 5.99. The molecule has 0 radical (unpaired) electrons. The van der Waals surface area contributed by atoms with Crippen LogP contribution in [0.1, 0.15) is 27.7 Å². The minimum absolute atomic E-state index is 0.00647. The van der Waals surface area contributed by atoms with Crippen molar-refractivity contribution in [1.82, 2.24) is 9.80 Å². The van der Waals surface area contributed by atoms with Gasteiger partial charge >= 0.3 is 0 Å². The topological polar surface area (TPSA) is 72.2 Å². The average molecular weight is 438 g/mol. The normalized spacial score (nSPS) is 18.9. The van der Waals surface area contributed by atoms with Crippen LogP contribution in [0.3, 0.4) is 0 Å². The number of halogens is 1. The minimum Gasteiger partial charge on any atom is -0.497 e. The smallest absolute Gasteiger partial charge is 0.290 e. The van der Waals surface area contributed by atoms with Crippen molar-refractivity contribution in [2.45, 2.75) is 6.04 Å². The highest BCUT2D eigenvalue weighted by atomic mass is 19.1. The Balaban J connectivity index is 1.61. The number of carbonyl (C=O) groups is 1. The Morgan fingerprint density at radius 3 is 2.66 bits per heavy atom. The lowest BCUT2D eigenvalue weighted by atomic mass is 9.98. The first-order valence-corrected chi connectivity index (χ1v) is 10.6. The Hall–Kier alpha value is -3.23. The molecule has 3 heterocycles. The molecule has 32 heavy (non-hydrogen) atoms. The lowest BCUT2D eigenvalue weighted by Gasteiger charge is -2.31. The predicted octanol–water partition coefficient (Wildman–Crippen LogP) is 2.82. The molecule has 1 atom stereocenters. The van der Waals surface area contributed by atoms with E-state index in [0.717, 1.165) is 13.1 Å². The molecule has 166 valence electrons. The van der Waals surface area contributed by atoms with Crippen molar-refractivity contribution in [3.8, 4) is 5.75 Å². The summed E-state index contributed by atoms with van der Waals surface area (Å²) in [4.78, 5) is 30.7. The minimum atomic E-state index is -0.711. The third kappa shape index (κ3) is 3.55. The second-order valence-electron chi connectivity index (χ2n) is 7.95. The number of hydrogen-bond acceptors (Lipinski definition) is 6. The molecule has 1 amide bonds. The molecule has 1 fully saturated rings. The fourth-order valence-electron chi connectivity index (χ4n) is 4.45. The van der Waals surface area contributed by atoms with Crippen molar-refractivity contribution in [3.63, 3.8) is 0 Å². The van der Waals surface area contributed by atoms with E-state index in [-0.39, 0.29) is 28.2 Å². The summed E-state index contributed by atoms with van der Waals surface area (Å²) in [5.74, 6) is -0.264. The molecule has 7 nitrogen and oxygen atoms in total. The first kappa shape index (κ1) is 20.7. The van der Waals surface area contributed by atoms with Crippen molar-refractivity contribution in [2.24, 2.45) is 0 Å². The van der Waals surface area contributed by atoms with Crippen LogP contribution in [0.15, 0.2) is 51.7 Å². The van der Waals surface area contributed by atoms with Crippen LogP contribution in [0.2, 0.25) is 0 Å². The summed E-state index contributed by atoms with van der Waals surface area (Å²) in [5, 5.41) is 0.355. The zero-order valence-electron chi connectivity index (χ0n) is 17.7. The molecule has 3 aromatic rings. The van der Waals surface area contributed by atoms with Crippen molar-refractivity contribution in [2.75, 3.05) is 46.5 Å². The molecule has 0 saturated carbocycles. The number of fused-ring (bicyclic) bond motifs is 2. The van der Waals surface area contributed by atoms with Gasteiger partial charge in [-0.05, 0) is 29.8 Å². The van der Waals surface area contributed by atoms with Crippen LogP contribution < -0.4 is 10.2 Å². The molecule has 1 aromatic heterocycles. The van der Waals surface area contributed by atoms with E-state index in [9.17, 15) is 14.0 Å². The summed E-state index contributed by atoms with van der Waals surface area (Å²) in [7, 11) is 1.52. The molecular formula is C24H23FN2O5. The molecule has 0 bridgehead atoms. The quantitative estimate of drug-likeness (QED) is 0.610. The summed E-state index contributed by atoms with van der Waals surface area (Å²) >= 11 is 0. The lowest BCUT2D eigenvalue weighted by Crippen LogP contribution is -2.42. The Morgan fingerprint density at radius 1 is 1.09 bits per heavy atom. The molecule has 2 aromatic carbocycles. The Labute approximate surface area is 183 Å². The highest BCUT2D eigenvalue weighted by Crippen LogP contribution is 2.38. The van der Waals surface area contributed by atoms with E-state index in [2.05, 4.69) is 4.90 Å². The van der Waals surface area contributed by atoms with Gasteiger partial charge in [-0.1, -0.05) is 12.1 Å². The molecule has 0 aliphatic carbocycles. The van der Waals surface area contributed by atoms with Gasteiger partial charge in [0, 0.05) is 32.2 Å². The molecule has 2 aliphatic heterocycles. The molecule has 0 N–H and O–H groups in total. The van der Waals surface area contributed by atoms with E-state index in [4.69, 9.17) is 13.9 Å². The standard InChI is InChI=1S/C24H23FN2O5/c1-30-17-5-6-18-19(14-17)32-23-20(22(18)28)21(15-3-2-4-16(25)13-15)27(24(23)29)8-7-26-9-11-31-12-10-26/h2-6,13-14,21H,7-12H2,1H3/t21-/m0/s1. The van der Waals surface area contributed by atoms with E-state index in [0.29, 0.717) is 43.0 Å². The first-order chi connectivity index (χ1) is 15.6. The van der Waals surface area contributed by atoms with Crippen LogP contribution in [0, 0.1) is 5.82 Å². The monoisotopic (exact) mass is 438 g/mol. The molecule has 0 unspecified atom stereocenters. The Morgan fingerprint density at radius 2 is 1.91 bits per heavy atom. The zero-order valence-corrected chi connectivity index (χ0v) is 17.7. The maximum Gasteiger partial charge on any atom is 0.290 e. The fraction of sp³-hybridized carbons (Fsp3) is 0.333. The van der Waals surface area contributed by atoms with Crippen molar-refractivity contribution in [3.05, 3.63) is 75.4 Å². The van der Waals surface area contributed by atoms with Crippen molar-refractivity contribution >= 4 is 16.9 Å². The predicted molar refractivity (Wildman–Crippen MR) is 116 cm³/mol. The van der Waals surface area contributed by atoms with E-state index in [1.165, 1.54) is 19.2 Å². The maximum atomic E-state index is 14.1. The Kier molecular flexibility index (Phi) is 5.40. The third-order valence-corrected chi connectivity index (χ3v) is 6.10. The molecule has 2 aliphatic rings. The molecule has 1 saturated heterocycles. The second kappa shape index (κ2) is 8.37. The van der Waals surface area contributed by atoms with E-state index >= 15 is 0 Å². The van der Waals surface area contributed by atoms with E-state index in [1.807, 2.05) is 0 Å². The maximum absolute atomic E-state index is 14.1. The molecule has 0 spiro atoms. The number of hydrogen-bond donors (Lipinski definition) is 0. The van der Waals surface area contributed by atoms with Gasteiger partial charge in [-0.25, -0.2) is 4.39 Å². The number of benzene rings is 2. The zero-order chi connectivity index (χ0) is 22.2. The molecular weight excluding hydrogens is 415 g/mol. The average Bonchev–Trinajstić information content (AvgIpc) is 3.10. The van der Waals surface area contributed by atoms with Crippen molar-refractivity contribution < 1.29 is 23.1 Å². The van der Waals surface area contributed by atoms with Crippen LogP contribution >= 0.6 is 0 Å². The third-order valence-electron chi connectivity index (χ3n) is 6.10. The van der Waals surface area contributed by atoms with Gasteiger partial charge in [-0.15, -0.1) is 0 Å². The van der Waals surface area contributed by atoms with Gasteiger partial charge in [-0.2, -0.15) is 0 Å². The van der Waals surface area contributed by atoms with E-state index < -0.39 is 11.9 Å². The summed E-state index contributed by atoms with van der Waals surface area (Å²) in [6.07, 6.45) is 0. The van der Waals surface area contributed by atoms with Gasteiger partial charge in [0.1, 0.15) is 17.1 Å². The molecule has 8 heteroatoms. The summed E-state index contributed by atoms with van der Waals surface area (Å²) in [6, 6.07) is 10.2. The van der Waals surface area contributed by atoms with Crippen LogP contribution in [0.5, 0.6) is 5.75 Å². The van der Waals surface area contributed by atoms with Crippen molar-refractivity contribution in [1.29, 1.82) is 0 Å². The van der Waals surface area contributed by atoms with E-state index in [1.54, 1.807) is 35.2 Å². The number of methoxy groups -OCH3 is 1. The first-order valence-electron chi connectivity index (χ1n) is 10.6. The Bertz CT molecular complexity index is 1230.